The predicted molar refractivity (Wildman–Crippen MR) is 58.0 cm³/mol. The van der Waals surface area contributed by atoms with Gasteiger partial charge in [-0.2, -0.15) is 0 Å². The summed E-state index contributed by atoms with van der Waals surface area (Å²) in [6.07, 6.45) is 4.84. The van der Waals surface area contributed by atoms with Crippen LogP contribution in [0.25, 0.3) is 0 Å². The fourth-order valence-electron chi connectivity index (χ4n) is 2.02. The van der Waals surface area contributed by atoms with Crippen LogP contribution in [0.1, 0.15) is 26.7 Å². The van der Waals surface area contributed by atoms with Crippen molar-refractivity contribution in [1.29, 1.82) is 0 Å². The monoisotopic (exact) mass is 182 g/mol. The maximum Gasteiger partial charge on any atom is 0.0221 e. The molecule has 1 aliphatic heterocycles. The van der Waals surface area contributed by atoms with Gasteiger partial charge in [-0.25, -0.2) is 0 Å². The van der Waals surface area contributed by atoms with Gasteiger partial charge in [-0.1, -0.05) is 18.6 Å². The van der Waals surface area contributed by atoms with Crippen LogP contribution in [0.4, 0.5) is 0 Å². The quantitative estimate of drug-likeness (QED) is 0.665. The molecule has 2 heteroatoms. The van der Waals surface area contributed by atoms with Gasteiger partial charge >= 0.3 is 0 Å². The van der Waals surface area contributed by atoms with Gasteiger partial charge in [-0.15, -0.1) is 0 Å². The molecule has 0 aromatic carbocycles. The predicted octanol–water partition coefficient (Wildman–Crippen LogP) is 1.64. The standard InChI is InChI=1S/C11H22N2/c1-4-11(8-12-3)13-7-5-6-10(2)9-13/h6,11-12H,4-5,7-9H2,1-3H3. The summed E-state index contributed by atoms with van der Waals surface area (Å²) in [4.78, 5) is 2.59. The van der Waals surface area contributed by atoms with Gasteiger partial charge in [0.2, 0.25) is 0 Å². The minimum atomic E-state index is 0.716. The van der Waals surface area contributed by atoms with Crippen LogP contribution in [0.2, 0.25) is 0 Å². The summed E-state index contributed by atoms with van der Waals surface area (Å²) >= 11 is 0. The molecule has 0 aromatic heterocycles. The van der Waals surface area contributed by atoms with E-state index in [4.69, 9.17) is 0 Å². The highest BCUT2D eigenvalue weighted by molar-refractivity contribution is 5.05. The molecule has 0 bridgehead atoms. The molecule has 0 saturated carbocycles. The van der Waals surface area contributed by atoms with Gasteiger partial charge in [-0.3, -0.25) is 4.90 Å². The molecule has 0 saturated heterocycles. The highest BCUT2D eigenvalue weighted by Gasteiger charge is 2.17. The summed E-state index contributed by atoms with van der Waals surface area (Å²) in [5.41, 5.74) is 1.53. The summed E-state index contributed by atoms with van der Waals surface area (Å²) in [6.45, 7) is 8.02. The Bertz CT molecular complexity index is 175. The molecule has 0 aromatic rings. The van der Waals surface area contributed by atoms with E-state index in [1.54, 1.807) is 0 Å². The summed E-state index contributed by atoms with van der Waals surface area (Å²) in [7, 11) is 2.04. The molecule has 13 heavy (non-hydrogen) atoms. The topological polar surface area (TPSA) is 15.3 Å². The lowest BCUT2D eigenvalue weighted by atomic mass is 10.1. The summed E-state index contributed by atoms with van der Waals surface area (Å²) in [5, 5.41) is 3.27. The largest absolute Gasteiger partial charge is 0.318 e. The SMILES string of the molecule is CCC(CNC)N1CCC=C(C)C1. The van der Waals surface area contributed by atoms with Crippen molar-refractivity contribution in [2.75, 3.05) is 26.7 Å². The van der Waals surface area contributed by atoms with Crippen LogP contribution in [-0.4, -0.2) is 37.6 Å². The molecular weight excluding hydrogens is 160 g/mol. The maximum absolute atomic E-state index is 3.27. The summed E-state index contributed by atoms with van der Waals surface area (Å²) < 4.78 is 0. The zero-order valence-electron chi connectivity index (χ0n) is 9.14. The third-order valence-corrected chi connectivity index (χ3v) is 2.79. The van der Waals surface area contributed by atoms with Gasteiger partial charge in [-0.05, 0) is 26.8 Å². The van der Waals surface area contributed by atoms with Gasteiger partial charge in [0.1, 0.15) is 0 Å². The second-order valence-electron chi connectivity index (χ2n) is 3.93. The maximum atomic E-state index is 3.27. The third kappa shape index (κ3) is 3.12. The van der Waals surface area contributed by atoms with E-state index in [9.17, 15) is 0 Å². The van der Waals surface area contributed by atoms with Crippen molar-refractivity contribution in [2.24, 2.45) is 0 Å². The smallest absolute Gasteiger partial charge is 0.0221 e. The molecule has 76 valence electrons. The number of nitrogens with one attached hydrogen (secondary N) is 1. The zero-order chi connectivity index (χ0) is 9.68. The summed E-state index contributed by atoms with van der Waals surface area (Å²) in [6, 6.07) is 0.716. The number of hydrogen-bond donors (Lipinski definition) is 1. The van der Waals surface area contributed by atoms with Crippen molar-refractivity contribution >= 4 is 0 Å². The van der Waals surface area contributed by atoms with Crippen molar-refractivity contribution in [2.45, 2.75) is 32.7 Å². The van der Waals surface area contributed by atoms with Gasteiger partial charge in [0.25, 0.3) is 0 Å². The lowest BCUT2D eigenvalue weighted by Crippen LogP contribution is -2.43. The molecule has 1 rings (SSSR count). The van der Waals surface area contributed by atoms with Crippen LogP contribution in [0.15, 0.2) is 11.6 Å². The van der Waals surface area contributed by atoms with Crippen molar-refractivity contribution in [3.63, 3.8) is 0 Å². The van der Waals surface area contributed by atoms with Crippen LogP contribution >= 0.6 is 0 Å². The Hall–Kier alpha value is -0.340. The van der Waals surface area contributed by atoms with Gasteiger partial charge in [0.15, 0.2) is 0 Å². The molecule has 2 nitrogen and oxygen atoms in total. The first-order valence-corrected chi connectivity index (χ1v) is 5.32. The first-order chi connectivity index (χ1) is 6.27. The Balaban J connectivity index is 2.45. The average Bonchev–Trinajstić information content (AvgIpc) is 2.14. The Kier molecular flexibility index (Phi) is 4.46. The molecular formula is C11H22N2. The highest BCUT2D eigenvalue weighted by atomic mass is 15.2. The molecule has 0 fully saturated rings. The fourth-order valence-corrected chi connectivity index (χ4v) is 2.02. The van der Waals surface area contributed by atoms with E-state index < -0.39 is 0 Å². The average molecular weight is 182 g/mol. The molecule has 0 amide bonds. The third-order valence-electron chi connectivity index (χ3n) is 2.79. The van der Waals surface area contributed by atoms with Crippen LogP contribution in [0.3, 0.4) is 0 Å². The van der Waals surface area contributed by atoms with Gasteiger partial charge in [0.05, 0.1) is 0 Å². The van der Waals surface area contributed by atoms with Crippen LogP contribution in [0, 0.1) is 0 Å². The van der Waals surface area contributed by atoms with E-state index in [1.807, 2.05) is 7.05 Å². The molecule has 1 unspecified atom stereocenters. The molecule has 1 N–H and O–H groups in total. The van der Waals surface area contributed by atoms with Crippen LogP contribution in [-0.2, 0) is 0 Å². The first-order valence-electron chi connectivity index (χ1n) is 5.32. The molecule has 1 aliphatic rings. The lowest BCUT2D eigenvalue weighted by Gasteiger charge is -2.33. The number of nitrogens with zero attached hydrogens (tertiary/aromatic N) is 1. The van der Waals surface area contributed by atoms with Crippen molar-refractivity contribution in [1.82, 2.24) is 10.2 Å². The zero-order valence-corrected chi connectivity index (χ0v) is 9.14. The normalized spacial score (nSPS) is 21.3. The highest BCUT2D eigenvalue weighted by Crippen LogP contribution is 2.13. The van der Waals surface area contributed by atoms with Crippen LogP contribution in [0.5, 0.6) is 0 Å². The Labute approximate surface area is 82.0 Å². The second-order valence-corrected chi connectivity index (χ2v) is 3.93. The second kappa shape index (κ2) is 5.40. The van der Waals surface area contributed by atoms with E-state index in [2.05, 4.69) is 30.1 Å². The summed E-state index contributed by atoms with van der Waals surface area (Å²) in [5.74, 6) is 0. The van der Waals surface area contributed by atoms with Crippen molar-refractivity contribution in [3.05, 3.63) is 11.6 Å². The number of rotatable bonds is 4. The van der Waals surface area contributed by atoms with E-state index in [0.29, 0.717) is 6.04 Å². The van der Waals surface area contributed by atoms with E-state index in [1.165, 1.54) is 31.5 Å². The lowest BCUT2D eigenvalue weighted by molar-refractivity contribution is 0.200. The molecule has 1 atom stereocenters. The Morgan fingerprint density at radius 1 is 1.62 bits per heavy atom. The number of hydrogen-bond acceptors (Lipinski definition) is 2. The number of likely N-dealkylation sites (N-methyl/N-ethyl adjacent to an activating group) is 1. The minimum Gasteiger partial charge on any atom is -0.318 e. The van der Waals surface area contributed by atoms with Gasteiger partial charge in [0, 0.05) is 25.7 Å². The molecule has 1 heterocycles. The van der Waals surface area contributed by atoms with E-state index in [-0.39, 0.29) is 0 Å². The Morgan fingerprint density at radius 2 is 2.38 bits per heavy atom. The van der Waals surface area contributed by atoms with E-state index >= 15 is 0 Å². The minimum absolute atomic E-state index is 0.716. The molecule has 0 radical (unpaired) electrons. The van der Waals surface area contributed by atoms with Gasteiger partial charge < -0.3 is 5.32 Å². The Morgan fingerprint density at radius 3 is 2.92 bits per heavy atom. The fraction of sp³-hybridized carbons (Fsp3) is 0.818. The van der Waals surface area contributed by atoms with Crippen LogP contribution < -0.4 is 5.32 Å². The molecule has 0 aliphatic carbocycles. The molecule has 0 spiro atoms. The van der Waals surface area contributed by atoms with E-state index in [0.717, 1.165) is 6.54 Å². The van der Waals surface area contributed by atoms with Crippen molar-refractivity contribution < 1.29 is 0 Å². The first kappa shape index (κ1) is 10.7. The van der Waals surface area contributed by atoms with Crippen molar-refractivity contribution in [3.8, 4) is 0 Å².